The van der Waals surface area contributed by atoms with Crippen LogP contribution in [0.1, 0.15) is 43.4 Å². The Morgan fingerprint density at radius 3 is 2.61 bits per heavy atom. The van der Waals surface area contributed by atoms with E-state index in [0.717, 1.165) is 16.5 Å². The summed E-state index contributed by atoms with van der Waals surface area (Å²) in [6.45, 7) is 9.59. The van der Waals surface area contributed by atoms with Crippen LogP contribution in [0.2, 0.25) is 0 Å². The molecule has 2 aromatic rings. The Kier molecular flexibility index (Phi) is 5.55. The number of fused-ring (bicyclic) bond motifs is 1. The maximum absolute atomic E-state index is 11.8. The molecular formula is C18H24N2O3. The fourth-order valence-corrected chi connectivity index (χ4v) is 2.71. The topological polar surface area (TPSA) is 71.3 Å². The number of benzene rings is 1. The van der Waals surface area contributed by atoms with Gasteiger partial charge in [0.25, 0.3) is 0 Å². The lowest BCUT2D eigenvalue weighted by molar-refractivity contribution is -0.118. The number of rotatable bonds is 6. The van der Waals surface area contributed by atoms with Crippen LogP contribution >= 0.6 is 0 Å². The number of hydrogen-bond donors (Lipinski definition) is 2. The minimum atomic E-state index is -0.340. The van der Waals surface area contributed by atoms with Crippen molar-refractivity contribution in [2.75, 3.05) is 13.1 Å². The molecule has 0 atom stereocenters. The number of hydrogen-bond acceptors (Lipinski definition) is 4. The average Bonchev–Trinajstić information content (AvgIpc) is 2.45. The molecule has 124 valence electrons. The summed E-state index contributed by atoms with van der Waals surface area (Å²) < 4.78 is 5.34. The van der Waals surface area contributed by atoms with Gasteiger partial charge in [-0.25, -0.2) is 4.79 Å². The van der Waals surface area contributed by atoms with Crippen molar-refractivity contribution in [1.29, 1.82) is 0 Å². The second-order valence-corrected chi connectivity index (χ2v) is 6.11. The van der Waals surface area contributed by atoms with Crippen LogP contribution in [-0.4, -0.2) is 19.0 Å². The summed E-state index contributed by atoms with van der Waals surface area (Å²) in [5.74, 6) is 0.363. The van der Waals surface area contributed by atoms with Gasteiger partial charge in [0.15, 0.2) is 0 Å². The number of amides is 1. The zero-order valence-corrected chi connectivity index (χ0v) is 14.2. The summed E-state index contributed by atoms with van der Waals surface area (Å²) in [6.07, 6.45) is 0. The van der Waals surface area contributed by atoms with Crippen molar-refractivity contribution >= 4 is 16.9 Å². The zero-order chi connectivity index (χ0) is 17.0. The van der Waals surface area contributed by atoms with E-state index in [1.807, 2.05) is 13.0 Å². The number of carbonyl (C=O) groups excluding carboxylic acids is 1. The van der Waals surface area contributed by atoms with E-state index in [4.69, 9.17) is 4.42 Å². The first-order chi connectivity index (χ1) is 10.9. The van der Waals surface area contributed by atoms with Gasteiger partial charge in [-0.1, -0.05) is 13.8 Å². The van der Waals surface area contributed by atoms with Crippen LogP contribution < -0.4 is 16.3 Å². The summed E-state index contributed by atoms with van der Waals surface area (Å²) in [7, 11) is 0. The Morgan fingerprint density at radius 1 is 1.22 bits per heavy atom. The minimum absolute atomic E-state index is 0.0466. The first-order valence-electron chi connectivity index (χ1n) is 7.91. The molecule has 2 rings (SSSR count). The number of nitrogens with one attached hydrogen (secondary N) is 2. The molecule has 0 aliphatic rings. The summed E-state index contributed by atoms with van der Waals surface area (Å²) in [4.78, 5) is 22.6. The van der Waals surface area contributed by atoms with Crippen LogP contribution in [0.4, 0.5) is 0 Å². The molecule has 0 saturated carbocycles. The second-order valence-electron chi connectivity index (χ2n) is 6.11. The number of carbonyl (C=O) groups is 1. The molecule has 0 aliphatic carbocycles. The van der Waals surface area contributed by atoms with Gasteiger partial charge in [0.2, 0.25) is 5.91 Å². The van der Waals surface area contributed by atoms with Gasteiger partial charge in [-0.05, 0) is 41.7 Å². The van der Waals surface area contributed by atoms with Crippen molar-refractivity contribution in [1.82, 2.24) is 10.6 Å². The monoisotopic (exact) mass is 316 g/mol. The predicted octanol–water partition coefficient (Wildman–Crippen LogP) is 2.45. The molecule has 23 heavy (non-hydrogen) atoms. The molecule has 0 fully saturated rings. The molecule has 1 aromatic carbocycles. The van der Waals surface area contributed by atoms with E-state index in [9.17, 15) is 9.59 Å². The first kappa shape index (κ1) is 17.2. The third kappa shape index (κ3) is 4.42. The van der Waals surface area contributed by atoms with Crippen molar-refractivity contribution in [3.05, 3.63) is 45.3 Å². The second kappa shape index (κ2) is 7.42. The summed E-state index contributed by atoms with van der Waals surface area (Å²) in [5.41, 5.74) is 3.59. The maximum atomic E-state index is 11.8. The van der Waals surface area contributed by atoms with Crippen LogP contribution in [0.25, 0.3) is 11.0 Å². The largest absolute Gasteiger partial charge is 0.423 e. The quantitative estimate of drug-likeness (QED) is 0.634. The van der Waals surface area contributed by atoms with Crippen molar-refractivity contribution in [3.63, 3.8) is 0 Å². The fraction of sp³-hybridized carbons (Fsp3) is 0.444. The Balaban J connectivity index is 2.25. The van der Waals surface area contributed by atoms with Crippen LogP contribution in [0.15, 0.2) is 27.4 Å². The van der Waals surface area contributed by atoms with Crippen molar-refractivity contribution in [2.24, 2.45) is 0 Å². The standard InChI is InChI=1S/C18H24N2O3/c1-11(2)15-9-16-14(10-19-5-6-20-13(4)21)8-18(22)23-17(16)7-12(15)3/h7-9,11,19H,5-6,10H2,1-4H3,(H,20,21). The SMILES string of the molecule is CC(=O)NCCNCc1cc(=O)oc2cc(C)c(C(C)C)cc12. The molecule has 1 amide bonds. The Morgan fingerprint density at radius 2 is 1.96 bits per heavy atom. The van der Waals surface area contributed by atoms with Crippen molar-refractivity contribution in [2.45, 2.75) is 40.2 Å². The normalized spacial score (nSPS) is 11.2. The first-order valence-corrected chi connectivity index (χ1v) is 7.91. The maximum Gasteiger partial charge on any atom is 0.336 e. The van der Waals surface area contributed by atoms with E-state index in [0.29, 0.717) is 31.1 Å². The fourth-order valence-electron chi connectivity index (χ4n) is 2.71. The molecule has 2 N–H and O–H groups in total. The van der Waals surface area contributed by atoms with Crippen molar-refractivity contribution < 1.29 is 9.21 Å². The van der Waals surface area contributed by atoms with E-state index in [2.05, 4.69) is 30.5 Å². The van der Waals surface area contributed by atoms with Crippen molar-refractivity contribution in [3.8, 4) is 0 Å². The van der Waals surface area contributed by atoms with Gasteiger partial charge in [0.1, 0.15) is 5.58 Å². The summed E-state index contributed by atoms with van der Waals surface area (Å²) >= 11 is 0. The van der Waals surface area contributed by atoms with Crippen LogP contribution in [-0.2, 0) is 11.3 Å². The van der Waals surface area contributed by atoms with E-state index >= 15 is 0 Å². The lowest BCUT2D eigenvalue weighted by atomic mass is 9.95. The Hall–Kier alpha value is -2.14. The highest BCUT2D eigenvalue weighted by Gasteiger charge is 2.11. The molecule has 0 bridgehead atoms. The average molecular weight is 316 g/mol. The van der Waals surface area contributed by atoms with Gasteiger partial charge in [-0.3, -0.25) is 4.79 Å². The van der Waals surface area contributed by atoms with E-state index in [1.165, 1.54) is 18.6 Å². The van der Waals surface area contributed by atoms with Crippen LogP contribution in [0, 0.1) is 6.92 Å². The van der Waals surface area contributed by atoms with Crippen LogP contribution in [0.5, 0.6) is 0 Å². The van der Waals surface area contributed by atoms with E-state index in [1.54, 1.807) is 0 Å². The van der Waals surface area contributed by atoms with Gasteiger partial charge in [0, 0.05) is 38.0 Å². The highest BCUT2D eigenvalue weighted by molar-refractivity contribution is 5.82. The molecule has 5 heteroatoms. The summed E-state index contributed by atoms with van der Waals surface area (Å²) in [6, 6.07) is 5.59. The molecule has 0 saturated heterocycles. The van der Waals surface area contributed by atoms with Gasteiger partial charge in [0.05, 0.1) is 0 Å². The van der Waals surface area contributed by atoms with Gasteiger partial charge in [-0.15, -0.1) is 0 Å². The lowest BCUT2D eigenvalue weighted by Crippen LogP contribution is -2.30. The zero-order valence-electron chi connectivity index (χ0n) is 14.2. The van der Waals surface area contributed by atoms with Gasteiger partial charge in [-0.2, -0.15) is 0 Å². The minimum Gasteiger partial charge on any atom is -0.423 e. The van der Waals surface area contributed by atoms with Gasteiger partial charge < -0.3 is 15.1 Å². The van der Waals surface area contributed by atoms with E-state index in [-0.39, 0.29) is 11.5 Å². The number of aryl methyl sites for hydroxylation is 1. The molecule has 1 aromatic heterocycles. The third-order valence-corrected chi connectivity index (χ3v) is 3.83. The molecule has 0 unspecified atom stereocenters. The van der Waals surface area contributed by atoms with Crippen LogP contribution in [0.3, 0.4) is 0 Å². The molecular weight excluding hydrogens is 292 g/mol. The van der Waals surface area contributed by atoms with E-state index < -0.39 is 0 Å². The highest BCUT2D eigenvalue weighted by atomic mass is 16.4. The molecule has 0 spiro atoms. The van der Waals surface area contributed by atoms with Gasteiger partial charge >= 0.3 is 5.63 Å². The smallest absolute Gasteiger partial charge is 0.336 e. The molecule has 0 radical (unpaired) electrons. The predicted molar refractivity (Wildman–Crippen MR) is 91.7 cm³/mol. The molecule has 5 nitrogen and oxygen atoms in total. The molecule has 1 heterocycles. The Labute approximate surface area is 136 Å². The Bertz CT molecular complexity index is 763. The highest BCUT2D eigenvalue weighted by Crippen LogP contribution is 2.26. The lowest BCUT2D eigenvalue weighted by Gasteiger charge is -2.13. The summed E-state index contributed by atoms with van der Waals surface area (Å²) in [5, 5.41) is 6.94. The third-order valence-electron chi connectivity index (χ3n) is 3.83. The molecule has 0 aliphatic heterocycles.